The Morgan fingerprint density at radius 2 is 1.56 bits per heavy atom. The molecule has 0 atom stereocenters. The zero-order valence-electron chi connectivity index (χ0n) is 21.6. The maximum atomic E-state index is 13.1. The van der Waals surface area contributed by atoms with Crippen molar-refractivity contribution in [3.63, 3.8) is 0 Å². The van der Waals surface area contributed by atoms with E-state index in [1.54, 1.807) is 23.1 Å². The molecule has 5 amide bonds. The molecular formula is C26H31N5O8. The summed E-state index contributed by atoms with van der Waals surface area (Å²) < 4.78 is 5.39. The first-order valence-electron chi connectivity index (χ1n) is 12.2. The zero-order valence-corrected chi connectivity index (χ0v) is 21.6. The van der Waals surface area contributed by atoms with E-state index >= 15 is 0 Å². The van der Waals surface area contributed by atoms with Crippen molar-refractivity contribution < 1.29 is 38.9 Å². The van der Waals surface area contributed by atoms with E-state index in [0.29, 0.717) is 53.5 Å². The summed E-state index contributed by atoms with van der Waals surface area (Å²) in [6, 6.07) is 10.4. The van der Waals surface area contributed by atoms with E-state index in [1.807, 2.05) is 25.1 Å². The van der Waals surface area contributed by atoms with Crippen LogP contribution >= 0.6 is 0 Å². The lowest BCUT2D eigenvalue weighted by Gasteiger charge is -2.33. The van der Waals surface area contributed by atoms with Gasteiger partial charge in [0.25, 0.3) is 5.91 Å². The van der Waals surface area contributed by atoms with Crippen molar-refractivity contribution >= 4 is 41.3 Å². The third kappa shape index (κ3) is 8.09. The van der Waals surface area contributed by atoms with Crippen LogP contribution in [0.1, 0.15) is 28.8 Å². The van der Waals surface area contributed by atoms with Crippen LogP contribution in [-0.2, 0) is 9.59 Å². The number of aliphatic carboxylic acids is 2. The summed E-state index contributed by atoms with van der Waals surface area (Å²) in [5.74, 6) is -2.60. The number of anilines is 2. The summed E-state index contributed by atoms with van der Waals surface area (Å²) >= 11 is 0. The Hall–Kier alpha value is -4.81. The second-order valence-electron chi connectivity index (χ2n) is 8.97. The largest absolute Gasteiger partial charge is 0.495 e. The molecule has 5 N–H and O–H groups in total. The third-order valence-corrected chi connectivity index (χ3v) is 6.14. The van der Waals surface area contributed by atoms with Gasteiger partial charge in [0.2, 0.25) is 0 Å². The van der Waals surface area contributed by atoms with Crippen LogP contribution in [-0.4, -0.2) is 89.3 Å². The van der Waals surface area contributed by atoms with E-state index in [9.17, 15) is 24.0 Å². The number of nitrogens with zero attached hydrogens (tertiary/aromatic N) is 2. The summed E-state index contributed by atoms with van der Waals surface area (Å²) in [7, 11) is 1.43. The van der Waals surface area contributed by atoms with Crippen molar-refractivity contribution in [2.45, 2.75) is 25.8 Å². The Bertz CT molecular complexity index is 1230. The smallest absolute Gasteiger partial charge is 0.323 e. The highest BCUT2D eigenvalue weighted by Gasteiger charge is 2.28. The number of hydrogen-bond donors (Lipinski definition) is 5. The fraction of sp³-hybridized carbons (Fsp3) is 0.346. The lowest BCUT2D eigenvalue weighted by Crippen LogP contribution is -2.52. The molecule has 13 nitrogen and oxygen atoms in total. The van der Waals surface area contributed by atoms with Gasteiger partial charge in [0.05, 0.1) is 12.8 Å². The quantitative estimate of drug-likeness (QED) is 0.321. The number of urea groups is 2. The van der Waals surface area contributed by atoms with Crippen LogP contribution in [0, 0.1) is 6.92 Å². The van der Waals surface area contributed by atoms with Crippen molar-refractivity contribution in [2.75, 3.05) is 43.9 Å². The third-order valence-electron chi connectivity index (χ3n) is 6.14. The van der Waals surface area contributed by atoms with Crippen LogP contribution in [0.25, 0.3) is 0 Å². The summed E-state index contributed by atoms with van der Waals surface area (Å²) in [5.41, 5.74) is 2.31. The van der Waals surface area contributed by atoms with Gasteiger partial charge in [0.1, 0.15) is 18.8 Å². The standard InChI is InChI=1S/C26H31N5O8/c1-16-5-3-4-6-19(16)28-25(37)29-20-8-7-17(13-21(20)39-2)24(36)30-11-9-18(10-12-30)27-26(38)31(14-22(32)33)15-23(34)35/h3-8,13,18H,9-12,14-15H2,1-2H3,(H,27,38)(H,32,33)(H,34,35)(H2,28,29,37). The molecule has 0 unspecified atom stereocenters. The van der Waals surface area contributed by atoms with Crippen LogP contribution < -0.4 is 20.7 Å². The normalized spacial score (nSPS) is 13.2. The molecule has 0 spiro atoms. The lowest BCUT2D eigenvalue weighted by molar-refractivity contribution is -0.140. The number of likely N-dealkylation sites (tertiary alicyclic amines) is 1. The summed E-state index contributed by atoms with van der Waals surface area (Å²) in [6.07, 6.45) is 0.808. The minimum Gasteiger partial charge on any atom is -0.495 e. The number of carboxylic acid groups (broad SMARTS) is 2. The number of rotatable bonds is 9. The Labute approximate surface area is 224 Å². The molecule has 208 valence electrons. The number of para-hydroxylation sites is 1. The van der Waals surface area contributed by atoms with Crippen LogP contribution in [0.3, 0.4) is 0 Å². The highest BCUT2D eigenvalue weighted by Crippen LogP contribution is 2.27. The fourth-order valence-electron chi connectivity index (χ4n) is 4.12. The molecule has 1 saturated heterocycles. The molecule has 0 bridgehead atoms. The van der Waals surface area contributed by atoms with Gasteiger partial charge in [0, 0.05) is 30.4 Å². The van der Waals surface area contributed by atoms with Gasteiger partial charge in [-0.3, -0.25) is 14.4 Å². The number of methoxy groups -OCH3 is 1. The van der Waals surface area contributed by atoms with Crippen molar-refractivity contribution in [3.05, 3.63) is 53.6 Å². The maximum Gasteiger partial charge on any atom is 0.323 e. The van der Waals surface area contributed by atoms with Crippen molar-refractivity contribution in [3.8, 4) is 5.75 Å². The molecule has 0 radical (unpaired) electrons. The highest BCUT2D eigenvalue weighted by molar-refractivity contribution is 6.02. The van der Waals surface area contributed by atoms with Gasteiger partial charge in [-0.1, -0.05) is 18.2 Å². The van der Waals surface area contributed by atoms with Gasteiger partial charge in [-0.05, 0) is 49.6 Å². The molecule has 0 saturated carbocycles. The number of carboxylic acids is 2. The average Bonchev–Trinajstić information content (AvgIpc) is 2.89. The fourth-order valence-corrected chi connectivity index (χ4v) is 4.12. The molecule has 2 aromatic rings. The van der Waals surface area contributed by atoms with Gasteiger partial charge in [-0.15, -0.1) is 0 Å². The number of carbonyl (C=O) groups excluding carboxylic acids is 3. The number of aryl methyl sites for hydroxylation is 1. The van der Waals surface area contributed by atoms with Crippen molar-refractivity contribution in [1.29, 1.82) is 0 Å². The Morgan fingerprint density at radius 3 is 2.15 bits per heavy atom. The number of benzene rings is 2. The van der Waals surface area contributed by atoms with Crippen molar-refractivity contribution in [1.82, 2.24) is 15.1 Å². The molecule has 1 heterocycles. The summed E-state index contributed by atoms with van der Waals surface area (Å²) in [6.45, 7) is 1.04. The van der Waals surface area contributed by atoms with Crippen LogP contribution in [0.5, 0.6) is 5.75 Å². The summed E-state index contributed by atoms with van der Waals surface area (Å²) in [4.78, 5) is 62.2. The van der Waals surface area contributed by atoms with Crippen LogP contribution in [0.2, 0.25) is 0 Å². The van der Waals surface area contributed by atoms with Gasteiger partial charge < -0.3 is 40.7 Å². The minimum absolute atomic E-state index is 0.257. The number of hydrogen-bond acceptors (Lipinski definition) is 6. The SMILES string of the molecule is COc1cc(C(=O)N2CCC(NC(=O)N(CC(=O)O)CC(=O)O)CC2)ccc1NC(=O)Nc1ccccc1C. The molecule has 0 aliphatic carbocycles. The van der Waals surface area contributed by atoms with Gasteiger partial charge in [-0.25, -0.2) is 9.59 Å². The predicted octanol–water partition coefficient (Wildman–Crippen LogP) is 2.43. The number of piperidine rings is 1. The molecular weight excluding hydrogens is 510 g/mol. The molecule has 2 aromatic carbocycles. The molecule has 1 aliphatic heterocycles. The monoisotopic (exact) mass is 541 g/mol. The molecule has 13 heteroatoms. The number of carbonyl (C=O) groups is 5. The number of nitrogens with one attached hydrogen (secondary N) is 3. The van der Waals surface area contributed by atoms with E-state index in [2.05, 4.69) is 16.0 Å². The minimum atomic E-state index is -1.32. The molecule has 3 rings (SSSR count). The maximum absolute atomic E-state index is 13.1. The number of ether oxygens (including phenoxy) is 1. The summed E-state index contributed by atoms with van der Waals surface area (Å²) in [5, 5.41) is 26.0. The Balaban J connectivity index is 1.57. The molecule has 1 fully saturated rings. The lowest BCUT2D eigenvalue weighted by atomic mass is 10.0. The van der Waals surface area contributed by atoms with E-state index < -0.39 is 37.1 Å². The molecule has 1 aliphatic rings. The first kappa shape index (κ1) is 28.8. The van der Waals surface area contributed by atoms with Crippen molar-refractivity contribution in [2.24, 2.45) is 0 Å². The highest BCUT2D eigenvalue weighted by atomic mass is 16.5. The van der Waals surface area contributed by atoms with E-state index in [0.717, 1.165) is 5.56 Å². The van der Waals surface area contributed by atoms with E-state index in [1.165, 1.54) is 13.2 Å². The first-order valence-corrected chi connectivity index (χ1v) is 12.2. The molecule has 0 aromatic heterocycles. The predicted molar refractivity (Wildman–Crippen MR) is 141 cm³/mol. The second-order valence-corrected chi connectivity index (χ2v) is 8.97. The van der Waals surface area contributed by atoms with Crippen LogP contribution in [0.15, 0.2) is 42.5 Å². The first-order chi connectivity index (χ1) is 18.6. The second kappa shape index (κ2) is 13.1. The van der Waals surface area contributed by atoms with Gasteiger partial charge in [-0.2, -0.15) is 0 Å². The average molecular weight is 542 g/mol. The Kier molecular flexibility index (Phi) is 9.68. The van der Waals surface area contributed by atoms with Gasteiger partial charge in [0.15, 0.2) is 0 Å². The van der Waals surface area contributed by atoms with Gasteiger partial charge >= 0.3 is 24.0 Å². The molecule has 39 heavy (non-hydrogen) atoms. The van der Waals surface area contributed by atoms with Crippen LogP contribution in [0.4, 0.5) is 21.0 Å². The van der Waals surface area contributed by atoms with E-state index in [-0.39, 0.29) is 11.9 Å². The topological polar surface area (TPSA) is 178 Å². The van der Waals surface area contributed by atoms with E-state index in [4.69, 9.17) is 14.9 Å². The number of amides is 5. The zero-order chi connectivity index (χ0) is 28.5. The Morgan fingerprint density at radius 1 is 0.949 bits per heavy atom.